The Morgan fingerprint density at radius 2 is 2.12 bits per heavy atom. The van der Waals surface area contributed by atoms with Crippen LogP contribution in [0.5, 0.6) is 0 Å². The minimum Gasteiger partial charge on any atom is -0.545 e. The van der Waals surface area contributed by atoms with E-state index in [-0.39, 0.29) is 32.9 Å². The maximum absolute atomic E-state index is 9.72. The van der Waals surface area contributed by atoms with E-state index < -0.39 is 5.97 Å². The Labute approximate surface area is 76.3 Å². The third kappa shape index (κ3) is 4.76. The van der Waals surface area contributed by atoms with E-state index in [0.717, 1.165) is 0 Å². The number of hydrogen-bond acceptors (Lipinski definition) is 2. The van der Waals surface area contributed by atoms with Gasteiger partial charge in [-0.25, -0.2) is 0 Å². The molecule has 0 amide bonds. The second-order valence-corrected chi connectivity index (χ2v) is 1.54. The van der Waals surface area contributed by atoms with Gasteiger partial charge in [-0.2, -0.15) is 0 Å². The van der Waals surface area contributed by atoms with Gasteiger partial charge in [0.15, 0.2) is 0 Å². The van der Waals surface area contributed by atoms with Gasteiger partial charge in [-0.1, -0.05) is 15.9 Å². The minimum atomic E-state index is -1.14. The van der Waals surface area contributed by atoms with Crippen molar-refractivity contribution >= 4 is 49.2 Å². The van der Waals surface area contributed by atoms with Crippen LogP contribution in [0.4, 0.5) is 0 Å². The van der Waals surface area contributed by atoms with E-state index in [1.165, 1.54) is 11.9 Å². The minimum absolute atomic E-state index is 0. The number of halogens is 1. The van der Waals surface area contributed by atoms with Crippen molar-refractivity contribution in [3.8, 4) is 0 Å². The molecule has 0 fully saturated rings. The predicted octanol–water partition coefficient (Wildman–Crippen LogP) is -0.346. The molecule has 0 heterocycles. The zero-order valence-corrected chi connectivity index (χ0v) is 10.4. The number of rotatable bonds is 1. The molecule has 0 aromatic rings. The summed E-state index contributed by atoms with van der Waals surface area (Å²) in [5.74, 6) is -1.14. The second kappa shape index (κ2) is 5.74. The predicted molar refractivity (Wildman–Crippen MR) is 33.4 cm³/mol. The number of carboxylic acid groups (broad SMARTS) is 1. The first kappa shape index (κ1) is 11.4. The molecular weight excluding hydrogens is 364 g/mol. The molecule has 0 aliphatic carbocycles. The SMILES string of the molecule is CC(=CBr)C(=O)[O-].[Tl+]. The molecule has 42 valence electrons. The molecule has 2 nitrogen and oxygen atoms in total. The van der Waals surface area contributed by atoms with Crippen molar-refractivity contribution in [2.45, 2.75) is 6.92 Å². The monoisotopic (exact) mass is 368 g/mol. The summed E-state index contributed by atoms with van der Waals surface area (Å²) in [7, 11) is 0. The van der Waals surface area contributed by atoms with Crippen LogP contribution < -0.4 is 5.11 Å². The van der Waals surface area contributed by atoms with Crippen molar-refractivity contribution in [2.75, 3.05) is 0 Å². The van der Waals surface area contributed by atoms with E-state index in [4.69, 9.17) is 0 Å². The molecule has 0 aliphatic heterocycles. The number of carbonyl (C=O) groups excluding carboxylic acids is 1. The molecule has 4 heteroatoms. The topological polar surface area (TPSA) is 40.1 Å². The third-order valence-corrected chi connectivity index (χ3v) is 1.17. The van der Waals surface area contributed by atoms with Crippen molar-refractivity contribution in [2.24, 2.45) is 0 Å². The van der Waals surface area contributed by atoms with Crippen molar-refractivity contribution in [1.82, 2.24) is 0 Å². The fraction of sp³-hybridized carbons (Fsp3) is 0.250. The molecular formula is C4H4BrO2Tl. The van der Waals surface area contributed by atoms with E-state index >= 15 is 0 Å². The Morgan fingerprint density at radius 1 is 1.75 bits per heavy atom. The van der Waals surface area contributed by atoms with E-state index in [2.05, 4.69) is 15.9 Å². The summed E-state index contributed by atoms with van der Waals surface area (Å²) in [5, 5.41) is 9.72. The zero-order chi connectivity index (χ0) is 5.86. The molecule has 0 spiro atoms. The Hall–Kier alpha value is 0.612. The van der Waals surface area contributed by atoms with Crippen LogP contribution in [-0.4, -0.2) is 33.3 Å². The molecule has 0 radical (unpaired) electrons. The molecule has 0 N–H and O–H groups in total. The molecule has 0 rings (SSSR count). The second-order valence-electron chi connectivity index (χ2n) is 1.08. The van der Waals surface area contributed by atoms with Gasteiger partial charge in [0.1, 0.15) is 0 Å². The fourth-order valence-electron chi connectivity index (χ4n) is 0.0445. The molecule has 0 bridgehead atoms. The Bertz CT molecular complexity index is 111. The molecule has 0 saturated heterocycles. The van der Waals surface area contributed by atoms with E-state index in [9.17, 15) is 9.90 Å². The largest absolute Gasteiger partial charge is 1.00 e. The van der Waals surface area contributed by atoms with Gasteiger partial charge in [0, 0.05) is 0 Å². The summed E-state index contributed by atoms with van der Waals surface area (Å²) < 4.78 is 0. The maximum atomic E-state index is 9.72. The summed E-state index contributed by atoms with van der Waals surface area (Å²) in [6.45, 7) is 1.45. The van der Waals surface area contributed by atoms with Crippen LogP contribution in [0.3, 0.4) is 0 Å². The molecule has 0 saturated carbocycles. The van der Waals surface area contributed by atoms with Crippen molar-refractivity contribution in [3.05, 3.63) is 10.6 Å². The van der Waals surface area contributed by atoms with E-state index in [1.54, 1.807) is 0 Å². The summed E-state index contributed by atoms with van der Waals surface area (Å²) in [6, 6.07) is 0. The van der Waals surface area contributed by atoms with Crippen LogP contribution >= 0.6 is 15.9 Å². The first-order valence-electron chi connectivity index (χ1n) is 1.67. The van der Waals surface area contributed by atoms with E-state index in [1.807, 2.05) is 0 Å². The summed E-state index contributed by atoms with van der Waals surface area (Å²) in [6.07, 6.45) is 0. The number of carbonyl (C=O) groups is 1. The van der Waals surface area contributed by atoms with Gasteiger partial charge in [0.2, 0.25) is 0 Å². The van der Waals surface area contributed by atoms with Crippen LogP contribution in [-0.2, 0) is 4.79 Å². The maximum Gasteiger partial charge on any atom is 1.00 e. The quantitative estimate of drug-likeness (QED) is 0.469. The van der Waals surface area contributed by atoms with Gasteiger partial charge in [0.05, 0.1) is 5.97 Å². The first-order chi connectivity index (χ1) is 3.18. The van der Waals surface area contributed by atoms with Gasteiger partial charge in [-0.05, 0) is 17.5 Å². The molecule has 0 aromatic carbocycles. The molecule has 0 unspecified atom stereocenters. The first-order valence-corrected chi connectivity index (χ1v) is 2.58. The van der Waals surface area contributed by atoms with Crippen LogP contribution in [0.15, 0.2) is 10.6 Å². The van der Waals surface area contributed by atoms with Gasteiger partial charge in [-0.3, -0.25) is 0 Å². The Balaban J connectivity index is 0. The Morgan fingerprint density at radius 3 is 2.12 bits per heavy atom. The average Bonchev–Trinajstić information content (AvgIpc) is 1.65. The van der Waals surface area contributed by atoms with Gasteiger partial charge >= 0.3 is 27.3 Å². The normalized spacial score (nSPS) is 10.0. The van der Waals surface area contributed by atoms with Gasteiger partial charge in [0.25, 0.3) is 0 Å². The summed E-state index contributed by atoms with van der Waals surface area (Å²) in [5.41, 5.74) is 0.194. The van der Waals surface area contributed by atoms with Crippen molar-refractivity contribution < 1.29 is 9.90 Å². The molecule has 0 aliphatic rings. The number of hydrogen-bond donors (Lipinski definition) is 0. The molecule has 8 heavy (non-hydrogen) atoms. The van der Waals surface area contributed by atoms with Gasteiger partial charge < -0.3 is 9.90 Å². The van der Waals surface area contributed by atoms with Crippen LogP contribution in [0.1, 0.15) is 6.92 Å². The zero-order valence-electron chi connectivity index (χ0n) is 4.35. The van der Waals surface area contributed by atoms with Crippen LogP contribution in [0, 0.1) is 0 Å². The Kier molecular flexibility index (Phi) is 8.19. The van der Waals surface area contributed by atoms with Crippen molar-refractivity contribution in [1.29, 1.82) is 0 Å². The number of aliphatic carboxylic acids is 1. The van der Waals surface area contributed by atoms with Crippen LogP contribution in [0.2, 0.25) is 0 Å². The van der Waals surface area contributed by atoms with Crippen LogP contribution in [0.25, 0.3) is 0 Å². The molecule has 0 aromatic heterocycles. The van der Waals surface area contributed by atoms with E-state index in [0.29, 0.717) is 0 Å². The smallest absolute Gasteiger partial charge is 0.545 e. The third-order valence-electron chi connectivity index (χ3n) is 0.486. The molecule has 0 atom stereocenters. The summed E-state index contributed by atoms with van der Waals surface area (Å²) >= 11 is 2.83. The van der Waals surface area contributed by atoms with Crippen molar-refractivity contribution in [3.63, 3.8) is 0 Å². The number of carboxylic acids is 1. The average molecular weight is 368 g/mol. The fourth-order valence-corrected chi connectivity index (χ4v) is 0.231. The summed E-state index contributed by atoms with van der Waals surface area (Å²) in [4.78, 5) is 11.0. The standard InChI is InChI=1S/C4H5BrO2.Tl/c1-3(2-5)4(6)7;/h2H,1H3,(H,6,7);/q;+1/p-1. The van der Waals surface area contributed by atoms with Gasteiger partial charge in [-0.15, -0.1) is 0 Å².